The summed E-state index contributed by atoms with van der Waals surface area (Å²) in [4.78, 5) is 12.3. The zero-order valence-electron chi connectivity index (χ0n) is 11.6. The number of rotatable bonds is 4. The van der Waals surface area contributed by atoms with Crippen LogP contribution < -0.4 is 0 Å². The highest BCUT2D eigenvalue weighted by molar-refractivity contribution is 6.30. The van der Waals surface area contributed by atoms with Gasteiger partial charge in [0, 0.05) is 26.1 Å². The normalized spacial score (nSPS) is 11.0. The Balaban J connectivity index is 2.28. The first-order valence-electron chi connectivity index (χ1n) is 6.18. The number of halogens is 1. The summed E-state index contributed by atoms with van der Waals surface area (Å²) in [5.41, 5.74) is 3.10. The fourth-order valence-corrected chi connectivity index (χ4v) is 2.33. The third-order valence-electron chi connectivity index (χ3n) is 3.19. The SMILES string of the molecule is CCc1cc(C(=O)Cc2c(C)nn(C)c2Cl)n(C)n1. The summed E-state index contributed by atoms with van der Waals surface area (Å²) in [5.74, 6) is 0.00713. The molecule has 0 spiro atoms. The number of Topliss-reactive ketones (excluding diaryl/α,β-unsaturated/α-hetero) is 1. The molecule has 0 bridgehead atoms. The predicted molar refractivity (Wildman–Crippen MR) is 73.6 cm³/mol. The van der Waals surface area contributed by atoms with Gasteiger partial charge in [-0.15, -0.1) is 0 Å². The lowest BCUT2D eigenvalue weighted by molar-refractivity contribution is 0.0984. The zero-order chi connectivity index (χ0) is 14.2. The second-order valence-corrected chi connectivity index (χ2v) is 4.93. The van der Waals surface area contributed by atoms with Crippen LogP contribution in [0.5, 0.6) is 0 Å². The molecular weight excluding hydrogens is 264 g/mol. The maximum absolute atomic E-state index is 12.3. The number of hydrogen-bond acceptors (Lipinski definition) is 3. The van der Waals surface area contributed by atoms with E-state index in [0.29, 0.717) is 10.8 Å². The Morgan fingerprint density at radius 1 is 1.32 bits per heavy atom. The predicted octanol–water partition coefficient (Wildman–Crippen LogP) is 2.10. The van der Waals surface area contributed by atoms with Crippen molar-refractivity contribution in [1.82, 2.24) is 19.6 Å². The van der Waals surface area contributed by atoms with Crippen LogP contribution in [0.3, 0.4) is 0 Å². The molecule has 0 aliphatic rings. The Kier molecular flexibility index (Phi) is 3.75. The van der Waals surface area contributed by atoms with Crippen LogP contribution in [0.1, 0.15) is 34.4 Å². The van der Waals surface area contributed by atoms with Crippen LogP contribution in [0, 0.1) is 6.92 Å². The van der Waals surface area contributed by atoms with Gasteiger partial charge in [-0.1, -0.05) is 18.5 Å². The summed E-state index contributed by atoms with van der Waals surface area (Å²) in [6.07, 6.45) is 1.06. The molecule has 102 valence electrons. The van der Waals surface area contributed by atoms with E-state index in [1.54, 1.807) is 23.5 Å². The molecule has 0 aromatic carbocycles. The molecule has 2 aromatic heterocycles. The van der Waals surface area contributed by atoms with Crippen LogP contribution in [0.2, 0.25) is 5.15 Å². The maximum Gasteiger partial charge on any atom is 0.185 e. The van der Waals surface area contributed by atoms with Gasteiger partial charge >= 0.3 is 0 Å². The zero-order valence-corrected chi connectivity index (χ0v) is 12.3. The van der Waals surface area contributed by atoms with Crippen LogP contribution >= 0.6 is 11.6 Å². The molecule has 0 N–H and O–H groups in total. The summed E-state index contributed by atoms with van der Waals surface area (Å²) in [7, 11) is 3.55. The average molecular weight is 281 g/mol. The lowest BCUT2D eigenvalue weighted by Gasteiger charge is -2.01. The number of carbonyl (C=O) groups is 1. The molecule has 0 radical (unpaired) electrons. The van der Waals surface area contributed by atoms with Crippen LogP contribution in [-0.4, -0.2) is 25.3 Å². The van der Waals surface area contributed by atoms with Gasteiger partial charge < -0.3 is 0 Å². The topological polar surface area (TPSA) is 52.7 Å². The van der Waals surface area contributed by atoms with Gasteiger partial charge in [0.25, 0.3) is 0 Å². The molecule has 0 aliphatic carbocycles. The lowest BCUT2D eigenvalue weighted by Crippen LogP contribution is -2.10. The van der Waals surface area contributed by atoms with Gasteiger partial charge in [-0.2, -0.15) is 10.2 Å². The van der Waals surface area contributed by atoms with Crippen molar-refractivity contribution in [3.8, 4) is 0 Å². The minimum absolute atomic E-state index is 0.00713. The van der Waals surface area contributed by atoms with Gasteiger partial charge in [-0.05, 0) is 19.4 Å². The van der Waals surface area contributed by atoms with Crippen molar-refractivity contribution in [3.05, 3.63) is 33.9 Å². The summed E-state index contributed by atoms with van der Waals surface area (Å²) in [6.45, 7) is 3.87. The van der Waals surface area contributed by atoms with Gasteiger partial charge in [0.15, 0.2) is 5.78 Å². The molecule has 0 saturated heterocycles. The number of nitrogens with zero attached hydrogens (tertiary/aromatic N) is 4. The van der Waals surface area contributed by atoms with Crippen molar-refractivity contribution < 1.29 is 4.79 Å². The van der Waals surface area contributed by atoms with E-state index >= 15 is 0 Å². The summed E-state index contributed by atoms with van der Waals surface area (Å²) in [6, 6.07) is 1.84. The van der Waals surface area contributed by atoms with E-state index < -0.39 is 0 Å². The molecule has 2 heterocycles. The van der Waals surface area contributed by atoms with Crippen molar-refractivity contribution in [2.45, 2.75) is 26.7 Å². The monoisotopic (exact) mass is 280 g/mol. The van der Waals surface area contributed by atoms with Gasteiger partial charge in [-0.3, -0.25) is 14.2 Å². The van der Waals surface area contributed by atoms with E-state index in [2.05, 4.69) is 10.2 Å². The molecule has 2 rings (SSSR count). The minimum Gasteiger partial charge on any atom is -0.292 e. The highest BCUT2D eigenvalue weighted by Crippen LogP contribution is 2.20. The molecule has 5 nitrogen and oxygen atoms in total. The number of aromatic nitrogens is 4. The van der Waals surface area contributed by atoms with Gasteiger partial charge in [0.1, 0.15) is 10.8 Å². The van der Waals surface area contributed by atoms with Gasteiger partial charge in [0.2, 0.25) is 0 Å². The third kappa shape index (κ3) is 2.56. The molecule has 2 aromatic rings. The third-order valence-corrected chi connectivity index (χ3v) is 3.66. The lowest BCUT2D eigenvalue weighted by atomic mass is 10.1. The number of aryl methyl sites for hydroxylation is 4. The first-order valence-corrected chi connectivity index (χ1v) is 6.56. The Hall–Kier alpha value is -1.62. The Labute approximate surface area is 117 Å². The van der Waals surface area contributed by atoms with Crippen molar-refractivity contribution >= 4 is 17.4 Å². The molecule has 0 saturated carbocycles. The largest absolute Gasteiger partial charge is 0.292 e. The number of ketones is 1. The first-order chi connectivity index (χ1) is 8.93. The smallest absolute Gasteiger partial charge is 0.185 e. The Morgan fingerprint density at radius 3 is 2.47 bits per heavy atom. The first kappa shape index (κ1) is 13.8. The van der Waals surface area contributed by atoms with E-state index in [9.17, 15) is 4.79 Å². The fraction of sp³-hybridized carbons (Fsp3) is 0.462. The second-order valence-electron chi connectivity index (χ2n) is 4.58. The van der Waals surface area contributed by atoms with Crippen molar-refractivity contribution in [1.29, 1.82) is 0 Å². The highest BCUT2D eigenvalue weighted by atomic mass is 35.5. The molecule has 0 atom stereocenters. The molecular formula is C13H17ClN4O. The molecule has 19 heavy (non-hydrogen) atoms. The molecule has 0 aliphatic heterocycles. The van der Waals surface area contributed by atoms with Crippen molar-refractivity contribution in [2.24, 2.45) is 14.1 Å². The van der Waals surface area contributed by atoms with Gasteiger partial charge in [-0.25, -0.2) is 0 Å². The van der Waals surface area contributed by atoms with Crippen LogP contribution in [0.15, 0.2) is 6.07 Å². The van der Waals surface area contributed by atoms with Crippen molar-refractivity contribution in [2.75, 3.05) is 0 Å². The van der Waals surface area contributed by atoms with Crippen LogP contribution in [-0.2, 0) is 26.9 Å². The average Bonchev–Trinajstić information content (AvgIpc) is 2.85. The van der Waals surface area contributed by atoms with Gasteiger partial charge in [0.05, 0.1) is 11.4 Å². The molecule has 0 amide bonds. The number of carbonyl (C=O) groups excluding carboxylic acids is 1. The minimum atomic E-state index is 0.00713. The Morgan fingerprint density at radius 2 is 2.00 bits per heavy atom. The quantitative estimate of drug-likeness (QED) is 0.806. The molecule has 6 heteroatoms. The standard InChI is InChI=1S/C13H17ClN4O/c1-5-9-6-11(17(3)16-9)12(19)7-10-8(2)15-18(4)13(10)14/h6H,5,7H2,1-4H3. The summed E-state index contributed by atoms with van der Waals surface area (Å²) < 4.78 is 3.21. The van der Waals surface area contributed by atoms with E-state index in [1.165, 1.54) is 0 Å². The molecule has 0 fully saturated rings. The van der Waals surface area contributed by atoms with Crippen molar-refractivity contribution in [3.63, 3.8) is 0 Å². The fourth-order valence-electron chi connectivity index (χ4n) is 2.09. The second kappa shape index (κ2) is 5.17. The number of hydrogen-bond donors (Lipinski definition) is 0. The van der Waals surface area contributed by atoms with Crippen LogP contribution in [0.25, 0.3) is 0 Å². The van der Waals surface area contributed by atoms with E-state index in [4.69, 9.17) is 11.6 Å². The van der Waals surface area contributed by atoms with E-state index in [0.717, 1.165) is 23.4 Å². The van der Waals surface area contributed by atoms with E-state index in [-0.39, 0.29) is 12.2 Å². The Bertz CT molecular complexity index is 627. The summed E-state index contributed by atoms with van der Waals surface area (Å²) >= 11 is 6.14. The van der Waals surface area contributed by atoms with E-state index in [1.807, 2.05) is 19.9 Å². The summed E-state index contributed by atoms with van der Waals surface area (Å²) in [5, 5.41) is 9.01. The molecule has 0 unspecified atom stereocenters. The van der Waals surface area contributed by atoms with Crippen LogP contribution in [0.4, 0.5) is 0 Å². The maximum atomic E-state index is 12.3. The highest BCUT2D eigenvalue weighted by Gasteiger charge is 2.18.